The minimum absolute atomic E-state index is 0.275. The summed E-state index contributed by atoms with van der Waals surface area (Å²) in [6, 6.07) is 8.83. The summed E-state index contributed by atoms with van der Waals surface area (Å²) < 4.78 is 0. The third-order valence-corrected chi connectivity index (χ3v) is 2.84. The Kier molecular flexibility index (Phi) is 1.89. The Morgan fingerprint density at radius 2 is 1.83 bits per heavy atom. The zero-order valence-electron chi connectivity index (χ0n) is 7.46. The first-order valence-electron chi connectivity index (χ1n) is 4.63. The minimum Gasteiger partial charge on any atom is -0.324 e. The first-order valence-corrected chi connectivity index (χ1v) is 4.63. The van der Waals surface area contributed by atoms with E-state index in [1.165, 1.54) is 17.5 Å². The maximum absolute atomic E-state index is 6.01. The molecule has 0 saturated heterocycles. The van der Waals surface area contributed by atoms with E-state index in [0.717, 1.165) is 6.42 Å². The second-order valence-corrected chi connectivity index (χ2v) is 3.71. The van der Waals surface area contributed by atoms with Crippen LogP contribution in [-0.4, -0.2) is 0 Å². The molecule has 0 unspecified atom stereocenters. The van der Waals surface area contributed by atoms with Gasteiger partial charge in [0.15, 0.2) is 0 Å². The third kappa shape index (κ3) is 1.14. The maximum atomic E-state index is 6.01. The van der Waals surface area contributed by atoms with Crippen molar-refractivity contribution >= 4 is 0 Å². The molecular weight excluding hydrogens is 146 g/mol. The Bertz CT molecular complexity index is 251. The Morgan fingerprint density at radius 1 is 1.17 bits per heavy atom. The van der Waals surface area contributed by atoms with Crippen LogP contribution in [-0.2, 0) is 0 Å². The van der Waals surface area contributed by atoms with Crippen LogP contribution in [0.5, 0.6) is 0 Å². The highest BCUT2D eigenvalue weighted by Crippen LogP contribution is 2.35. The lowest BCUT2D eigenvalue weighted by Crippen LogP contribution is -2.18. The normalized spacial score (nSPS) is 28.2. The van der Waals surface area contributed by atoms with Crippen LogP contribution in [0.4, 0.5) is 0 Å². The van der Waals surface area contributed by atoms with Gasteiger partial charge in [0.25, 0.3) is 0 Å². The van der Waals surface area contributed by atoms with Crippen LogP contribution in [0.2, 0.25) is 0 Å². The van der Waals surface area contributed by atoms with Crippen LogP contribution >= 0.6 is 0 Å². The van der Waals surface area contributed by atoms with Crippen molar-refractivity contribution < 1.29 is 0 Å². The Hall–Kier alpha value is -0.820. The fourth-order valence-corrected chi connectivity index (χ4v) is 2.04. The van der Waals surface area contributed by atoms with E-state index < -0.39 is 0 Å². The van der Waals surface area contributed by atoms with Gasteiger partial charge in [-0.2, -0.15) is 0 Å². The molecular formula is C11H15N. The molecule has 64 valence electrons. The molecule has 0 heterocycles. The lowest BCUT2D eigenvalue weighted by Gasteiger charge is -2.26. The lowest BCUT2D eigenvalue weighted by atomic mass is 9.81. The van der Waals surface area contributed by atoms with Crippen molar-refractivity contribution in [3.8, 4) is 0 Å². The van der Waals surface area contributed by atoms with Gasteiger partial charge in [-0.1, -0.05) is 31.2 Å². The SMILES string of the molecule is C[C@@H]1CC[C@H](N)c2ccccc21. The highest BCUT2D eigenvalue weighted by atomic mass is 14.6. The van der Waals surface area contributed by atoms with Gasteiger partial charge < -0.3 is 5.73 Å². The molecule has 1 aliphatic rings. The predicted octanol–water partition coefficient (Wildman–Crippen LogP) is 2.58. The number of nitrogens with two attached hydrogens (primary N) is 1. The molecule has 0 aromatic heterocycles. The smallest absolute Gasteiger partial charge is 0.0297 e. The van der Waals surface area contributed by atoms with E-state index in [-0.39, 0.29) is 6.04 Å². The van der Waals surface area contributed by atoms with Gasteiger partial charge in [-0.05, 0) is 29.9 Å². The summed E-state index contributed by atoms with van der Waals surface area (Å²) >= 11 is 0. The molecule has 1 heteroatoms. The van der Waals surface area contributed by atoms with Gasteiger partial charge >= 0.3 is 0 Å². The Balaban J connectivity index is 2.47. The van der Waals surface area contributed by atoms with E-state index >= 15 is 0 Å². The van der Waals surface area contributed by atoms with Crippen LogP contribution in [0.15, 0.2) is 24.3 Å². The second-order valence-electron chi connectivity index (χ2n) is 3.71. The van der Waals surface area contributed by atoms with Gasteiger partial charge in [0.2, 0.25) is 0 Å². The van der Waals surface area contributed by atoms with Crippen molar-refractivity contribution in [3.05, 3.63) is 35.4 Å². The van der Waals surface area contributed by atoms with Crippen LogP contribution in [0.3, 0.4) is 0 Å². The number of fused-ring (bicyclic) bond motifs is 1. The summed E-state index contributed by atoms with van der Waals surface area (Å²) in [6.07, 6.45) is 2.37. The van der Waals surface area contributed by atoms with E-state index in [1.807, 2.05) is 0 Å². The Labute approximate surface area is 73.6 Å². The minimum atomic E-state index is 0.275. The predicted molar refractivity (Wildman–Crippen MR) is 51.0 cm³/mol. The summed E-state index contributed by atoms with van der Waals surface area (Å²) in [5, 5.41) is 0. The highest BCUT2D eigenvalue weighted by molar-refractivity contribution is 5.34. The third-order valence-electron chi connectivity index (χ3n) is 2.84. The van der Waals surface area contributed by atoms with E-state index in [4.69, 9.17) is 5.73 Å². The van der Waals surface area contributed by atoms with Crippen LogP contribution in [0.25, 0.3) is 0 Å². The van der Waals surface area contributed by atoms with Crippen molar-refractivity contribution in [2.75, 3.05) is 0 Å². The average molecular weight is 161 g/mol. The van der Waals surface area contributed by atoms with E-state index in [9.17, 15) is 0 Å². The summed E-state index contributed by atoms with van der Waals surface area (Å²) in [7, 11) is 0. The second kappa shape index (κ2) is 2.91. The zero-order chi connectivity index (χ0) is 8.55. The monoisotopic (exact) mass is 161 g/mol. The number of hydrogen-bond donors (Lipinski definition) is 1. The van der Waals surface area contributed by atoms with E-state index in [1.54, 1.807) is 0 Å². The lowest BCUT2D eigenvalue weighted by molar-refractivity contribution is 0.513. The summed E-state index contributed by atoms with van der Waals surface area (Å²) in [4.78, 5) is 0. The van der Waals surface area contributed by atoms with Crippen molar-refractivity contribution in [1.29, 1.82) is 0 Å². The molecule has 0 aliphatic heterocycles. The molecule has 0 fully saturated rings. The quantitative estimate of drug-likeness (QED) is 0.621. The van der Waals surface area contributed by atoms with Crippen LogP contribution in [0, 0.1) is 0 Å². The fourth-order valence-electron chi connectivity index (χ4n) is 2.04. The first kappa shape index (κ1) is 7.81. The maximum Gasteiger partial charge on any atom is 0.0297 e. The summed E-state index contributed by atoms with van der Waals surface area (Å²) in [5.74, 6) is 0.695. The summed E-state index contributed by atoms with van der Waals surface area (Å²) in [6.45, 7) is 2.28. The molecule has 12 heavy (non-hydrogen) atoms. The largest absolute Gasteiger partial charge is 0.324 e. The molecule has 1 aliphatic carbocycles. The molecule has 0 saturated carbocycles. The standard InChI is InChI=1S/C11H15N/c1-8-6-7-11(12)10-5-3-2-4-9(8)10/h2-5,8,11H,6-7,12H2,1H3/t8-,11+/m1/s1. The van der Waals surface area contributed by atoms with Crippen molar-refractivity contribution in [2.45, 2.75) is 31.7 Å². The van der Waals surface area contributed by atoms with Gasteiger partial charge in [-0.25, -0.2) is 0 Å². The molecule has 2 atom stereocenters. The molecule has 0 radical (unpaired) electrons. The van der Waals surface area contributed by atoms with Gasteiger partial charge in [-0.15, -0.1) is 0 Å². The molecule has 0 spiro atoms. The Morgan fingerprint density at radius 3 is 2.50 bits per heavy atom. The molecule has 0 amide bonds. The van der Waals surface area contributed by atoms with Crippen LogP contribution < -0.4 is 5.73 Å². The summed E-state index contributed by atoms with van der Waals surface area (Å²) in [5.41, 5.74) is 8.82. The topological polar surface area (TPSA) is 26.0 Å². The van der Waals surface area contributed by atoms with Gasteiger partial charge in [-0.3, -0.25) is 0 Å². The molecule has 1 aromatic rings. The first-order chi connectivity index (χ1) is 5.79. The van der Waals surface area contributed by atoms with Crippen molar-refractivity contribution in [2.24, 2.45) is 5.73 Å². The van der Waals surface area contributed by atoms with E-state index in [2.05, 4.69) is 31.2 Å². The fraction of sp³-hybridized carbons (Fsp3) is 0.455. The molecule has 2 N–H and O–H groups in total. The van der Waals surface area contributed by atoms with Crippen molar-refractivity contribution in [1.82, 2.24) is 0 Å². The molecule has 1 nitrogen and oxygen atoms in total. The molecule has 2 rings (SSSR count). The van der Waals surface area contributed by atoms with Crippen LogP contribution in [0.1, 0.15) is 42.9 Å². The van der Waals surface area contributed by atoms with Gasteiger partial charge in [0, 0.05) is 6.04 Å². The molecule has 0 bridgehead atoms. The number of benzene rings is 1. The van der Waals surface area contributed by atoms with Gasteiger partial charge in [0.1, 0.15) is 0 Å². The average Bonchev–Trinajstić information content (AvgIpc) is 2.12. The van der Waals surface area contributed by atoms with Crippen molar-refractivity contribution in [3.63, 3.8) is 0 Å². The number of hydrogen-bond acceptors (Lipinski definition) is 1. The number of rotatable bonds is 0. The van der Waals surface area contributed by atoms with Gasteiger partial charge in [0.05, 0.1) is 0 Å². The molecule has 1 aromatic carbocycles. The highest BCUT2D eigenvalue weighted by Gasteiger charge is 2.20. The van der Waals surface area contributed by atoms with E-state index in [0.29, 0.717) is 5.92 Å². The zero-order valence-corrected chi connectivity index (χ0v) is 7.46.